The van der Waals surface area contributed by atoms with E-state index in [1.54, 1.807) is 19.2 Å². The molecule has 2 aromatic rings. The lowest BCUT2D eigenvalue weighted by Gasteiger charge is -2.13. The van der Waals surface area contributed by atoms with Gasteiger partial charge in [0.2, 0.25) is 0 Å². The second-order valence-electron chi connectivity index (χ2n) is 5.64. The summed E-state index contributed by atoms with van der Waals surface area (Å²) in [5.41, 5.74) is 1.49. The molecule has 0 fully saturated rings. The summed E-state index contributed by atoms with van der Waals surface area (Å²) >= 11 is 0. The molecule has 7 nitrogen and oxygen atoms in total. The molecule has 1 unspecified atom stereocenters. The first-order chi connectivity index (χ1) is 11.0. The highest BCUT2D eigenvalue weighted by atomic mass is 16.5. The third kappa shape index (κ3) is 4.79. The van der Waals surface area contributed by atoms with Gasteiger partial charge in [0, 0.05) is 24.3 Å². The molecule has 0 radical (unpaired) electrons. The molecule has 1 aromatic carbocycles. The van der Waals surface area contributed by atoms with Gasteiger partial charge in [0.1, 0.15) is 0 Å². The zero-order valence-electron chi connectivity index (χ0n) is 13.8. The molecular weight excluding hydrogens is 296 g/mol. The van der Waals surface area contributed by atoms with Gasteiger partial charge in [-0.15, -0.1) is 0 Å². The average molecular weight is 318 g/mol. The molecule has 0 bridgehead atoms. The number of benzene rings is 1. The number of nitrogens with zero attached hydrogens (tertiary/aromatic N) is 2. The van der Waals surface area contributed by atoms with Gasteiger partial charge in [0.15, 0.2) is 5.82 Å². The number of nitrogens with one attached hydrogen (secondary N) is 2. The van der Waals surface area contributed by atoms with Gasteiger partial charge in [-0.1, -0.05) is 19.0 Å². The van der Waals surface area contributed by atoms with Crippen LogP contribution in [0.25, 0.3) is 11.5 Å². The number of hydrogen-bond acceptors (Lipinski definition) is 5. The normalized spacial score (nSPS) is 12.2. The number of carbonyl (C=O) groups is 1. The van der Waals surface area contributed by atoms with Crippen molar-refractivity contribution in [1.82, 2.24) is 15.5 Å². The molecule has 1 atom stereocenters. The summed E-state index contributed by atoms with van der Waals surface area (Å²) in [5.74, 6) is 1.36. The number of anilines is 1. The number of ether oxygens (including phenoxy) is 1. The summed E-state index contributed by atoms with van der Waals surface area (Å²) in [7, 11) is 1.59. The highest BCUT2D eigenvalue weighted by Gasteiger charge is 2.12. The lowest BCUT2D eigenvalue weighted by atomic mass is 10.2. The van der Waals surface area contributed by atoms with E-state index in [9.17, 15) is 4.79 Å². The molecule has 124 valence electrons. The van der Waals surface area contributed by atoms with Gasteiger partial charge < -0.3 is 19.9 Å². The Hall–Kier alpha value is -2.41. The third-order valence-corrected chi connectivity index (χ3v) is 3.14. The Morgan fingerprint density at radius 3 is 2.52 bits per heavy atom. The minimum absolute atomic E-state index is 0.0629. The van der Waals surface area contributed by atoms with E-state index in [1.165, 1.54) is 0 Å². The molecule has 0 aliphatic rings. The van der Waals surface area contributed by atoms with Gasteiger partial charge in [-0.2, -0.15) is 4.98 Å². The van der Waals surface area contributed by atoms with Crippen LogP contribution in [0, 0.1) is 0 Å². The zero-order chi connectivity index (χ0) is 16.8. The Balaban J connectivity index is 1.97. The minimum atomic E-state index is -0.276. The predicted molar refractivity (Wildman–Crippen MR) is 87.3 cm³/mol. The molecule has 0 spiro atoms. The smallest absolute Gasteiger partial charge is 0.319 e. The molecule has 23 heavy (non-hydrogen) atoms. The monoisotopic (exact) mass is 318 g/mol. The lowest BCUT2D eigenvalue weighted by molar-refractivity contribution is 0.173. The van der Waals surface area contributed by atoms with Crippen molar-refractivity contribution in [2.75, 3.05) is 19.0 Å². The van der Waals surface area contributed by atoms with Crippen LogP contribution in [0.4, 0.5) is 10.5 Å². The topological polar surface area (TPSA) is 89.3 Å². The van der Waals surface area contributed by atoms with Gasteiger partial charge in [-0.3, -0.25) is 0 Å². The maximum absolute atomic E-state index is 11.8. The minimum Gasteiger partial charge on any atom is -0.383 e. The average Bonchev–Trinajstić information content (AvgIpc) is 2.98. The highest BCUT2D eigenvalue weighted by Crippen LogP contribution is 2.21. The summed E-state index contributed by atoms with van der Waals surface area (Å²) in [6, 6.07) is 6.89. The van der Waals surface area contributed by atoms with Crippen molar-refractivity contribution in [3.8, 4) is 11.5 Å². The standard InChI is InChI=1S/C16H22N4O3/c1-10(2)14-19-15(23-20-14)12-5-7-13(8-6-12)18-16(21)17-11(3)9-22-4/h5-8,10-11H,9H2,1-4H3,(H2,17,18,21). The molecule has 0 aliphatic heterocycles. The Kier molecular flexibility index (Phi) is 5.70. The van der Waals surface area contributed by atoms with Crippen molar-refractivity contribution in [2.45, 2.75) is 32.7 Å². The molecule has 7 heteroatoms. The van der Waals surface area contributed by atoms with E-state index in [1.807, 2.05) is 32.9 Å². The molecule has 2 amide bonds. The van der Waals surface area contributed by atoms with Crippen LogP contribution in [-0.2, 0) is 4.74 Å². The second kappa shape index (κ2) is 7.73. The molecule has 0 aliphatic carbocycles. The summed E-state index contributed by atoms with van der Waals surface area (Å²) < 4.78 is 10.2. The van der Waals surface area contributed by atoms with Gasteiger partial charge in [-0.05, 0) is 31.2 Å². The van der Waals surface area contributed by atoms with Gasteiger partial charge in [0.05, 0.1) is 12.6 Å². The van der Waals surface area contributed by atoms with Crippen LogP contribution in [0.15, 0.2) is 28.8 Å². The molecule has 2 N–H and O–H groups in total. The van der Waals surface area contributed by atoms with Crippen LogP contribution in [0.3, 0.4) is 0 Å². The fraction of sp³-hybridized carbons (Fsp3) is 0.438. The summed E-state index contributed by atoms with van der Waals surface area (Å²) in [6.45, 7) is 6.34. The zero-order valence-corrected chi connectivity index (χ0v) is 13.8. The van der Waals surface area contributed by atoms with E-state index >= 15 is 0 Å². The molecule has 0 saturated heterocycles. The maximum atomic E-state index is 11.8. The van der Waals surface area contributed by atoms with E-state index in [0.29, 0.717) is 24.0 Å². The molecular formula is C16H22N4O3. The first kappa shape index (κ1) is 17.0. The van der Waals surface area contributed by atoms with E-state index in [0.717, 1.165) is 5.56 Å². The second-order valence-corrected chi connectivity index (χ2v) is 5.64. The molecule has 1 aromatic heterocycles. The van der Waals surface area contributed by atoms with Crippen LogP contribution >= 0.6 is 0 Å². The van der Waals surface area contributed by atoms with Crippen LogP contribution in [0.2, 0.25) is 0 Å². The summed E-state index contributed by atoms with van der Waals surface area (Å²) in [5, 5.41) is 9.47. The number of carbonyl (C=O) groups excluding carboxylic acids is 1. The number of methoxy groups -OCH3 is 1. The van der Waals surface area contributed by atoms with Gasteiger partial charge in [0.25, 0.3) is 5.89 Å². The maximum Gasteiger partial charge on any atom is 0.319 e. The number of hydrogen-bond donors (Lipinski definition) is 2. The Morgan fingerprint density at radius 1 is 1.26 bits per heavy atom. The summed E-state index contributed by atoms with van der Waals surface area (Å²) in [6.07, 6.45) is 0. The van der Waals surface area contributed by atoms with Crippen molar-refractivity contribution < 1.29 is 14.1 Å². The number of urea groups is 1. The van der Waals surface area contributed by atoms with E-state index < -0.39 is 0 Å². The summed E-state index contributed by atoms with van der Waals surface area (Å²) in [4.78, 5) is 16.2. The van der Waals surface area contributed by atoms with E-state index in [2.05, 4.69) is 20.8 Å². The SMILES string of the molecule is COCC(C)NC(=O)Nc1ccc(-c2nc(C(C)C)no2)cc1. The van der Waals surface area contributed by atoms with Gasteiger partial charge in [-0.25, -0.2) is 4.79 Å². The van der Waals surface area contributed by atoms with Crippen LogP contribution in [-0.4, -0.2) is 35.9 Å². The number of amides is 2. The van der Waals surface area contributed by atoms with Crippen molar-refractivity contribution in [2.24, 2.45) is 0 Å². The number of rotatable bonds is 6. The van der Waals surface area contributed by atoms with Crippen molar-refractivity contribution >= 4 is 11.7 Å². The fourth-order valence-corrected chi connectivity index (χ4v) is 1.97. The van der Waals surface area contributed by atoms with Gasteiger partial charge >= 0.3 is 6.03 Å². The van der Waals surface area contributed by atoms with Crippen LogP contribution < -0.4 is 10.6 Å². The Morgan fingerprint density at radius 2 is 1.96 bits per heavy atom. The van der Waals surface area contributed by atoms with E-state index in [-0.39, 0.29) is 18.0 Å². The Labute approximate surface area is 135 Å². The van der Waals surface area contributed by atoms with Crippen molar-refractivity contribution in [3.63, 3.8) is 0 Å². The van der Waals surface area contributed by atoms with E-state index in [4.69, 9.17) is 9.26 Å². The molecule has 0 saturated carbocycles. The first-order valence-electron chi connectivity index (χ1n) is 7.50. The lowest BCUT2D eigenvalue weighted by Crippen LogP contribution is -2.38. The Bertz CT molecular complexity index is 637. The molecule has 1 heterocycles. The third-order valence-electron chi connectivity index (χ3n) is 3.14. The number of aromatic nitrogens is 2. The fourth-order valence-electron chi connectivity index (χ4n) is 1.97. The highest BCUT2D eigenvalue weighted by molar-refractivity contribution is 5.89. The van der Waals surface area contributed by atoms with Crippen molar-refractivity contribution in [1.29, 1.82) is 0 Å². The van der Waals surface area contributed by atoms with Crippen molar-refractivity contribution in [3.05, 3.63) is 30.1 Å². The predicted octanol–water partition coefficient (Wildman–Crippen LogP) is 3.02. The van der Waals surface area contributed by atoms with Crippen LogP contribution in [0.5, 0.6) is 0 Å². The largest absolute Gasteiger partial charge is 0.383 e. The quantitative estimate of drug-likeness (QED) is 0.854. The first-order valence-corrected chi connectivity index (χ1v) is 7.50. The molecule has 2 rings (SSSR count). The van der Waals surface area contributed by atoms with Crippen LogP contribution in [0.1, 0.15) is 32.5 Å².